The zero-order chi connectivity index (χ0) is 15.9. The van der Waals surface area contributed by atoms with Gasteiger partial charge < -0.3 is 5.11 Å². The van der Waals surface area contributed by atoms with Crippen LogP contribution in [0.4, 0.5) is 26.3 Å². The van der Waals surface area contributed by atoms with Gasteiger partial charge in [0.2, 0.25) is 5.82 Å². The van der Waals surface area contributed by atoms with E-state index in [2.05, 4.69) is 4.98 Å². The maximum absolute atomic E-state index is 13.5. The Labute approximate surface area is 112 Å². The summed E-state index contributed by atoms with van der Waals surface area (Å²) in [7, 11) is 0. The molecule has 0 fully saturated rings. The van der Waals surface area contributed by atoms with E-state index in [1.165, 1.54) is 0 Å². The molecule has 21 heavy (non-hydrogen) atoms. The number of carbonyl (C=O) groups is 1. The number of aromatic nitrogens is 1. The van der Waals surface area contributed by atoms with E-state index in [0.717, 1.165) is 0 Å². The Kier molecular flexibility index (Phi) is 3.58. The molecule has 0 saturated heterocycles. The monoisotopic (exact) mass is 307 g/mol. The van der Waals surface area contributed by atoms with Gasteiger partial charge in [-0.05, 0) is 12.1 Å². The number of carboxylic acids is 1. The lowest BCUT2D eigenvalue weighted by Crippen LogP contribution is -2.08. The molecule has 0 unspecified atom stereocenters. The maximum Gasteiger partial charge on any atom is 0.357 e. The summed E-state index contributed by atoms with van der Waals surface area (Å²) in [5, 5.41) is 8.63. The minimum Gasteiger partial charge on any atom is -0.476 e. The smallest absolute Gasteiger partial charge is 0.357 e. The highest BCUT2D eigenvalue weighted by atomic mass is 19.2. The zero-order valence-corrected chi connectivity index (χ0v) is 9.73. The van der Waals surface area contributed by atoms with Crippen molar-refractivity contribution in [3.8, 4) is 11.3 Å². The summed E-state index contributed by atoms with van der Waals surface area (Å²) in [5.74, 6) is -14.4. The Balaban J connectivity index is 2.80. The summed E-state index contributed by atoms with van der Waals surface area (Å²) in [6.07, 6.45) is 0. The molecule has 0 spiro atoms. The summed E-state index contributed by atoms with van der Waals surface area (Å²) >= 11 is 0. The lowest BCUT2D eigenvalue weighted by Gasteiger charge is -2.08. The first kappa shape index (κ1) is 14.8. The van der Waals surface area contributed by atoms with Crippen molar-refractivity contribution in [1.29, 1.82) is 0 Å². The molecule has 0 aliphatic rings. The van der Waals surface area contributed by atoms with Gasteiger partial charge in [-0.25, -0.2) is 36.1 Å². The van der Waals surface area contributed by atoms with E-state index in [0.29, 0.717) is 12.1 Å². The lowest BCUT2D eigenvalue weighted by molar-refractivity contribution is 0.0685. The number of hydrogen-bond acceptors (Lipinski definition) is 2. The predicted molar refractivity (Wildman–Crippen MR) is 56.4 cm³/mol. The van der Waals surface area contributed by atoms with E-state index < -0.39 is 57.8 Å². The quantitative estimate of drug-likeness (QED) is 0.526. The van der Waals surface area contributed by atoms with Crippen LogP contribution in [0.1, 0.15) is 10.5 Å². The normalized spacial score (nSPS) is 10.8. The largest absolute Gasteiger partial charge is 0.476 e. The van der Waals surface area contributed by atoms with Crippen LogP contribution >= 0.6 is 0 Å². The van der Waals surface area contributed by atoms with Gasteiger partial charge >= 0.3 is 5.97 Å². The molecule has 0 saturated carbocycles. The fourth-order valence-electron chi connectivity index (χ4n) is 1.56. The van der Waals surface area contributed by atoms with Crippen molar-refractivity contribution in [2.24, 2.45) is 0 Å². The van der Waals surface area contributed by atoms with Crippen molar-refractivity contribution in [2.75, 3.05) is 0 Å². The molecule has 2 aromatic rings. The summed E-state index contributed by atoms with van der Waals surface area (Å²) in [5.41, 5.74) is -3.55. The van der Waals surface area contributed by atoms with Crippen LogP contribution in [0.5, 0.6) is 0 Å². The van der Waals surface area contributed by atoms with Gasteiger partial charge in [0.1, 0.15) is 0 Å². The Morgan fingerprint density at radius 3 is 1.81 bits per heavy atom. The topological polar surface area (TPSA) is 50.2 Å². The number of rotatable bonds is 2. The highest BCUT2D eigenvalue weighted by molar-refractivity contribution is 5.86. The van der Waals surface area contributed by atoms with Gasteiger partial charge in [0.05, 0.1) is 11.3 Å². The van der Waals surface area contributed by atoms with Gasteiger partial charge in [0, 0.05) is 0 Å². The van der Waals surface area contributed by atoms with Crippen LogP contribution in [0.15, 0.2) is 12.1 Å². The fourth-order valence-corrected chi connectivity index (χ4v) is 1.56. The number of hydrogen-bond donors (Lipinski definition) is 1. The van der Waals surface area contributed by atoms with Gasteiger partial charge in [-0.1, -0.05) is 0 Å². The van der Waals surface area contributed by atoms with Gasteiger partial charge in [-0.3, -0.25) is 0 Å². The van der Waals surface area contributed by atoms with Crippen molar-refractivity contribution in [3.63, 3.8) is 0 Å². The summed E-state index contributed by atoms with van der Waals surface area (Å²) in [6.45, 7) is 0. The van der Waals surface area contributed by atoms with Crippen LogP contribution in [-0.2, 0) is 0 Å². The molecular formula is C12H3F6NO2. The first-order valence-corrected chi connectivity index (χ1v) is 5.17. The first-order valence-electron chi connectivity index (χ1n) is 5.17. The van der Waals surface area contributed by atoms with Crippen molar-refractivity contribution in [3.05, 3.63) is 52.7 Å². The molecule has 0 amide bonds. The Morgan fingerprint density at radius 2 is 1.33 bits per heavy atom. The summed E-state index contributed by atoms with van der Waals surface area (Å²) in [4.78, 5) is 13.7. The fraction of sp³-hybridized carbons (Fsp3) is 0. The highest BCUT2D eigenvalue weighted by Crippen LogP contribution is 2.30. The highest BCUT2D eigenvalue weighted by Gasteiger charge is 2.28. The van der Waals surface area contributed by atoms with E-state index in [9.17, 15) is 31.1 Å². The van der Waals surface area contributed by atoms with Crippen molar-refractivity contribution >= 4 is 5.97 Å². The van der Waals surface area contributed by atoms with Crippen LogP contribution in [-0.4, -0.2) is 16.1 Å². The van der Waals surface area contributed by atoms with Crippen LogP contribution < -0.4 is 0 Å². The predicted octanol–water partition coefficient (Wildman–Crippen LogP) is 3.28. The molecule has 0 radical (unpaired) electrons. The third-order valence-corrected chi connectivity index (χ3v) is 2.51. The number of nitrogens with zero attached hydrogens (tertiary/aromatic N) is 1. The second-order valence-corrected chi connectivity index (χ2v) is 3.78. The SMILES string of the molecule is O=C(O)c1nc(-c2c(F)c(F)c(F)c(F)c2F)ccc1F. The number of benzene rings is 1. The van der Waals surface area contributed by atoms with E-state index in [1.54, 1.807) is 0 Å². The van der Waals surface area contributed by atoms with E-state index >= 15 is 0 Å². The average molecular weight is 307 g/mol. The van der Waals surface area contributed by atoms with Crippen LogP contribution in [0.3, 0.4) is 0 Å². The minimum absolute atomic E-state index is 0.490. The van der Waals surface area contributed by atoms with Gasteiger partial charge in [0.15, 0.2) is 34.8 Å². The second kappa shape index (κ2) is 5.08. The molecule has 0 aliphatic carbocycles. The van der Waals surface area contributed by atoms with Crippen LogP contribution in [0.25, 0.3) is 11.3 Å². The molecule has 1 heterocycles. The molecule has 9 heteroatoms. The molecule has 1 aromatic carbocycles. The number of halogens is 6. The van der Waals surface area contributed by atoms with Crippen LogP contribution in [0.2, 0.25) is 0 Å². The Hall–Kier alpha value is -2.58. The average Bonchev–Trinajstić information content (AvgIpc) is 2.44. The number of aromatic carboxylic acids is 1. The second-order valence-electron chi connectivity index (χ2n) is 3.78. The van der Waals surface area contributed by atoms with E-state index in [-0.39, 0.29) is 0 Å². The third kappa shape index (κ3) is 2.30. The maximum atomic E-state index is 13.5. The molecule has 0 bridgehead atoms. The molecule has 0 aliphatic heterocycles. The number of carboxylic acid groups (broad SMARTS) is 1. The van der Waals surface area contributed by atoms with Gasteiger partial charge in [-0.15, -0.1) is 0 Å². The van der Waals surface area contributed by atoms with Gasteiger partial charge in [0.25, 0.3) is 0 Å². The molecule has 1 aromatic heterocycles. The minimum atomic E-state index is -2.37. The van der Waals surface area contributed by atoms with Crippen molar-refractivity contribution < 1.29 is 36.2 Å². The summed E-state index contributed by atoms with van der Waals surface area (Å²) < 4.78 is 79.1. The van der Waals surface area contributed by atoms with Crippen molar-refractivity contribution in [2.45, 2.75) is 0 Å². The Morgan fingerprint density at radius 1 is 0.857 bits per heavy atom. The van der Waals surface area contributed by atoms with E-state index in [1.807, 2.05) is 0 Å². The standard InChI is InChI=1S/C12H3F6NO2/c13-3-1-2-4(19-11(3)12(20)21)5-6(14)8(16)10(18)9(17)7(5)15/h1-2H,(H,20,21). The first-order chi connectivity index (χ1) is 9.75. The molecule has 2 rings (SSSR count). The van der Waals surface area contributed by atoms with E-state index in [4.69, 9.17) is 5.11 Å². The molecule has 110 valence electrons. The molecule has 0 atom stereocenters. The third-order valence-electron chi connectivity index (χ3n) is 2.51. The summed E-state index contributed by atoms with van der Waals surface area (Å²) in [6, 6.07) is 1.09. The Bertz CT molecular complexity index is 733. The zero-order valence-electron chi connectivity index (χ0n) is 9.73. The van der Waals surface area contributed by atoms with Crippen LogP contribution in [0, 0.1) is 34.9 Å². The molecule has 3 nitrogen and oxygen atoms in total. The molecular weight excluding hydrogens is 304 g/mol. The lowest BCUT2D eigenvalue weighted by atomic mass is 10.1. The van der Waals surface area contributed by atoms with Gasteiger partial charge in [-0.2, -0.15) is 0 Å². The molecule has 1 N–H and O–H groups in total. The number of pyridine rings is 1. The van der Waals surface area contributed by atoms with Crippen molar-refractivity contribution in [1.82, 2.24) is 4.98 Å².